The highest BCUT2D eigenvalue weighted by Gasteiger charge is 2.16. The van der Waals surface area contributed by atoms with Crippen molar-refractivity contribution >= 4 is 0 Å². The number of nitrogens with one attached hydrogen (secondary N) is 1. The molecule has 1 heterocycles. The second kappa shape index (κ2) is 4.58. The first kappa shape index (κ1) is 9.69. The maximum Gasteiger partial charge on any atom is 0.103 e. The maximum atomic E-state index is 3.98. The number of hydrogen-bond donors (Lipinski definition) is 2. The zero-order chi connectivity index (χ0) is 9.80. The predicted molar refractivity (Wildman–Crippen MR) is 56.7 cm³/mol. The van der Waals surface area contributed by atoms with Crippen molar-refractivity contribution in [2.24, 2.45) is 0 Å². The van der Waals surface area contributed by atoms with E-state index in [1.165, 1.54) is 43.6 Å². The normalized spacial score (nSPS) is 17.5. The fraction of sp³-hybridized carbons (Fsp3) is 0.500. The molecule has 0 aliphatic carbocycles. The van der Waals surface area contributed by atoms with Gasteiger partial charge in [0.05, 0.1) is 13.1 Å². The zero-order valence-electron chi connectivity index (χ0n) is 8.76. The third kappa shape index (κ3) is 2.14. The number of hydrogen-bond acceptors (Lipinski definition) is 0. The van der Waals surface area contributed by atoms with Crippen molar-refractivity contribution in [3.8, 4) is 0 Å². The van der Waals surface area contributed by atoms with Crippen molar-refractivity contribution in [3.63, 3.8) is 0 Å². The largest absolute Gasteiger partial charge is 0.354 e. The van der Waals surface area contributed by atoms with Crippen molar-refractivity contribution in [3.05, 3.63) is 35.4 Å². The molecule has 0 aromatic heterocycles. The molecule has 0 amide bonds. The lowest BCUT2D eigenvalue weighted by Gasteiger charge is -2.13. The Morgan fingerprint density at radius 2 is 1.71 bits per heavy atom. The van der Waals surface area contributed by atoms with Gasteiger partial charge in [-0.1, -0.05) is 24.3 Å². The molecular weight excluding hydrogens is 172 g/mol. The monoisotopic (exact) mass is 192 g/mol. The van der Waals surface area contributed by atoms with Crippen molar-refractivity contribution in [2.75, 3.05) is 13.1 Å². The van der Waals surface area contributed by atoms with Crippen LogP contribution in [0, 0.1) is 0 Å². The Bertz CT molecular complexity index is 290. The van der Waals surface area contributed by atoms with Crippen LogP contribution in [0.4, 0.5) is 0 Å². The van der Waals surface area contributed by atoms with Gasteiger partial charge in [0.1, 0.15) is 13.1 Å². The molecule has 4 N–H and O–H groups in total. The van der Waals surface area contributed by atoms with Gasteiger partial charge in [-0.2, -0.15) is 0 Å². The van der Waals surface area contributed by atoms with Crippen LogP contribution in [-0.4, -0.2) is 13.1 Å². The molecule has 76 valence electrons. The van der Waals surface area contributed by atoms with Crippen molar-refractivity contribution < 1.29 is 10.6 Å². The molecule has 0 unspecified atom stereocenters. The van der Waals surface area contributed by atoms with Crippen LogP contribution in [0.3, 0.4) is 0 Å². The summed E-state index contributed by atoms with van der Waals surface area (Å²) in [5, 5.41) is 0. The van der Waals surface area contributed by atoms with E-state index in [9.17, 15) is 0 Å². The Morgan fingerprint density at radius 3 is 2.36 bits per heavy atom. The standard InChI is InChI=1S/C12H18N2/c13-9-11-5-1-2-6-12(11)10-14-7-3-4-8-14/h1-2,5-6H,3-4,7-10,13H2/p+2. The van der Waals surface area contributed by atoms with Crippen LogP contribution >= 0.6 is 0 Å². The van der Waals surface area contributed by atoms with Crippen molar-refractivity contribution in [1.82, 2.24) is 0 Å². The summed E-state index contributed by atoms with van der Waals surface area (Å²) in [6.07, 6.45) is 2.81. The third-order valence-corrected chi connectivity index (χ3v) is 3.14. The van der Waals surface area contributed by atoms with Crippen LogP contribution in [0.1, 0.15) is 24.0 Å². The average molecular weight is 192 g/mol. The Morgan fingerprint density at radius 1 is 1.07 bits per heavy atom. The minimum atomic E-state index is 0.920. The van der Waals surface area contributed by atoms with Crippen LogP contribution < -0.4 is 10.6 Å². The third-order valence-electron chi connectivity index (χ3n) is 3.14. The van der Waals surface area contributed by atoms with Gasteiger partial charge in [0.15, 0.2) is 0 Å². The summed E-state index contributed by atoms with van der Waals surface area (Å²) >= 11 is 0. The van der Waals surface area contributed by atoms with E-state index in [0.29, 0.717) is 0 Å². The van der Waals surface area contributed by atoms with E-state index in [4.69, 9.17) is 0 Å². The molecular formula is C12H20N2+2. The topological polar surface area (TPSA) is 32.1 Å². The number of likely N-dealkylation sites (tertiary alicyclic amines) is 1. The first-order valence-electron chi connectivity index (χ1n) is 5.60. The summed E-state index contributed by atoms with van der Waals surface area (Å²) in [6.45, 7) is 4.83. The highest BCUT2D eigenvalue weighted by molar-refractivity contribution is 5.25. The molecule has 0 spiro atoms. The Kier molecular flexibility index (Phi) is 3.17. The lowest BCUT2D eigenvalue weighted by atomic mass is 10.1. The highest BCUT2D eigenvalue weighted by atomic mass is 15.1. The van der Waals surface area contributed by atoms with Crippen LogP contribution in [-0.2, 0) is 13.1 Å². The zero-order valence-corrected chi connectivity index (χ0v) is 8.76. The average Bonchev–Trinajstić information content (AvgIpc) is 2.71. The lowest BCUT2D eigenvalue weighted by Crippen LogP contribution is -3.08. The number of rotatable bonds is 3. The van der Waals surface area contributed by atoms with E-state index in [0.717, 1.165) is 6.54 Å². The Labute approximate surface area is 85.7 Å². The summed E-state index contributed by atoms with van der Waals surface area (Å²) in [4.78, 5) is 1.74. The molecule has 1 aliphatic heterocycles. The molecule has 14 heavy (non-hydrogen) atoms. The number of benzene rings is 1. The van der Waals surface area contributed by atoms with Crippen LogP contribution in [0.15, 0.2) is 24.3 Å². The quantitative estimate of drug-likeness (QED) is 0.654. The molecule has 2 heteroatoms. The van der Waals surface area contributed by atoms with Crippen LogP contribution in [0.2, 0.25) is 0 Å². The molecule has 1 saturated heterocycles. The molecule has 0 atom stereocenters. The SMILES string of the molecule is [NH3+]Cc1ccccc1C[NH+]1CCCC1. The summed E-state index contributed by atoms with van der Waals surface area (Å²) in [5.41, 5.74) is 6.90. The second-order valence-electron chi connectivity index (χ2n) is 4.15. The van der Waals surface area contributed by atoms with Gasteiger partial charge in [-0.05, 0) is 0 Å². The van der Waals surface area contributed by atoms with E-state index in [2.05, 4.69) is 30.0 Å². The molecule has 0 radical (unpaired) electrons. The lowest BCUT2D eigenvalue weighted by molar-refractivity contribution is -0.901. The van der Waals surface area contributed by atoms with Crippen LogP contribution in [0.5, 0.6) is 0 Å². The molecule has 0 saturated carbocycles. The first-order valence-corrected chi connectivity index (χ1v) is 5.60. The van der Waals surface area contributed by atoms with Gasteiger partial charge in [0.25, 0.3) is 0 Å². The van der Waals surface area contributed by atoms with Gasteiger partial charge in [-0.25, -0.2) is 0 Å². The minimum absolute atomic E-state index is 0.920. The summed E-state index contributed by atoms with van der Waals surface area (Å²) in [6, 6.07) is 8.72. The Balaban J connectivity index is 2.07. The van der Waals surface area contributed by atoms with Gasteiger partial charge in [0.2, 0.25) is 0 Å². The molecule has 1 aromatic rings. The van der Waals surface area contributed by atoms with Crippen molar-refractivity contribution in [2.45, 2.75) is 25.9 Å². The van der Waals surface area contributed by atoms with E-state index in [1.54, 1.807) is 4.90 Å². The molecule has 2 nitrogen and oxygen atoms in total. The molecule has 1 aliphatic rings. The highest BCUT2D eigenvalue weighted by Crippen LogP contribution is 2.06. The summed E-state index contributed by atoms with van der Waals surface area (Å²) in [7, 11) is 0. The second-order valence-corrected chi connectivity index (χ2v) is 4.15. The fourth-order valence-corrected chi connectivity index (χ4v) is 2.29. The first-order chi connectivity index (χ1) is 6.90. The smallest absolute Gasteiger partial charge is 0.103 e. The molecule has 1 aromatic carbocycles. The van der Waals surface area contributed by atoms with Crippen molar-refractivity contribution in [1.29, 1.82) is 0 Å². The number of quaternary nitrogens is 2. The van der Waals surface area contributed by atoms with E-state index < -0.39 is 0 Å². The molecule has 0 bridgehead atoms. The van der Waals surface area contributed by atoms with Gasteiger partial charge >= 0.3 is 0 Å². The van der Waals surface area contributed by atoms with Gasteiger partial charge in [0, 0.05) is 24.0 Å². The Hall–Kier alpha value is -0.860. The van der Waals surface area contributed by atoms with Gasteiger partial charge in [-0.3, -0.25) is 0 Å². The summed E-state index contributed by atoms with van der Waals surface area (Å²) < 4.78 is 0. The minimum Gasteiger partial charge on any atom is -0.354 e. The predicted octanol–water partition coefficient (Wildman–Crippen LogP) is -0.393. The van der Waals surface area contributed by atoms with E-state index in [-0.39, 0.29) is 0 Å². The van der Waals surface area contributed by atoms with E-state index >= 15 is 0 Å². The maximum absolute atomic E-state index is 3.98. The van der Waals surface area contributed by atoms with E-state index in [1.807, 2.05) is 0 Å². The fourth-order valence-electron chi connectivity index (χ4n) is 2.29. The molecule has 1 fully saturated rings. The van der Waals surface area contributed by atoms with Crippen LogP contribution in [0.25, 0.3) is 0 Å². The van der Waals surface area contributed by atoms with Gasteiger partial charge < -0.3 is 10.6 Å². The summed E-state index contributed by atoms with van der Waals surface area (Å²) in [5.74, 6) is 0. The van der Waals surface area contributed by atoms with Gasteiger partial charge in [-0.15, -0.1) is 0 Å². The molecule has 2 rings (SSSR count).